The van der Waals surface area contributed by atoms with Gasteiger partial charge in [0.2, 0.25) is 0 Å². The molecule has 0 aromatic carbocycles. The molecule has 0 saturated carbocycles. The molecule has 0 aliphatic heterocycles. The van der Waals surface area contributed by atoms with E-state index in [0.29, 0.717) is 0 Å². The first-order chi connectivity index (χ1) is 6.72. The normalized spacial score (nSPS) is 11.1. The van der Waals surface area contributed by atoms with Crippen molar-refractivity contribution in [2.45, 2.75) is 13.0 Å². The van der Waals surface area contributed by atoms with E-state index < -0.39 is 0 Å². The van der Waals surface area contributed by atoms with Crippen LogP contribution in [0, 0.1) is 0 Å². The van der Waals surface area contributed by atoms with Gasteiger partial charge in [0.25, 0.3) is 0 Å². The summed E-state index contributed by atoms with van der Waals surface area (Å²) in [6.45, 7) is 2.96. The SMILES string of the molecule is COCCCN(C)Cc1ccc(Br)s1. The molecule has 1 aromatic rings. The highest BCUT2D eigenvalue weighted by Crippen LogP contribution is 2.22. The van der Waals surface area contributed by atoms with Crippen molar-refractivity contribution in [3.05, 3.63) is 20.8 Å². The standard InChI is InChI=1S/C10H16BrNOS/c1-12(6-3-7-13-2)8-9-4-5-10(11)14-9/h4-5H,3,6-8H2,1-2H3. The predicted octanol–water partition coefficient (Wildman–Crippen LogP) is 2.98. The van der Waals surface area contributed by atoms with Gasteiger partial charge < -0.3 is 9.64 Å². The van der Waals surface area contributed by atoms with Gasteiger partial charge in [-0.15, -0.1) is 11.3 Å². The minimum Gasteiger partial charge on any atom is -0.385 e. The van der Waals surface area contributed by atoms with E-state index in [1.807, 2.05) is 0 Å². The van der Waals surface area contributed by atoms with Gasteiger partial charge in [-0.3, -0.25) is 0 Å². The monoisotopic (exact) mass is 277 g/mol. The number of rotatable bonds is 6. The fourth-order valence-electron chi connectivity index (χ4n) is 1.26. The van der Waals surface area contributed by atoms with Crippen LogP contribution in [0.5, 0.6) is 0 Å². The third kappa shape index (κ3) is 4.55. The largest absolute Gasteiger partial charge is 0.385 e. The number of nitrogens with zero attached hydrogens (tertiary/aromatic N) is 1. The Labute approximate surface area is 98.0 Å². The minimum absolute atomic E-state index is 0.846. The second-order valence-corrected chi connectivity index (χ2v) is 5.84. The molecule has 0 spiro atoms. The Morgan fingerprint density at radius 1 is 1.50 bits per heavy atom. The Kier molecular flexibility index (Phi) is 5.70. The summed E-state index contributed by atoms with van der Waals surface area (Å²) in [6.07, 6.45) is 1.10. The first kappa shape index (κ1) is 12.2. The molecular formula is C10H16BrNOS. The van der Waals surface area contributed by atoms with Crippen molar-refractivity contribution in [2.75, 3.05) is 27.3 Å². The fourth-order valence-corrected chi connectivity index (χ4v) is 2.82. The van der Waals surface area contributed by atoms with Crippen molar-refractivity contribution in [1.29, 1.82) is 0 Å². The molecule has 0 amide bonds. The summed E-state index contributed by atoms with van der Waals surface area (Å²) in [5.41, 5.74) is 0. The van der Waals surface area contributed by atoms with Crippen LogP contribution in [-0.2, 0) is 11.3 Å². The summed E-state index contributed by atoms with van der Waals surface area (Å²) in [4.78, 5) is 3.72. The first-order valence-corrected chi connectivity index (χ1v) is 6.25. The van der Waals surface area contributed by atoms with Crippen LogP contribution in [0.15, 0.2) is 15.9 Å². The van der Waals surface area contributed by atoms with E-state index in [1.54, 1.807) is 18.4 Å². The molecule has 2 nitrogen and oxygen atoms in total. The van der Waals surface area contributed by atoms with Crippen LogP contribution in [0.25, 0.3) is 0 Å². The number of hydrogen-bond donors (Lipinski definition) is 0. The second kappa shape index (κ2) is 6.56. The number of ether oxygens (including phenoxy) is 1. The molecule has 1 heterocycles. The second-order valence-electron chi connectivity index (χ2n) is 3.29. The summed E-state index contributed by atoms with van der Waals surface area (Å²) < 4.78 is 6.22. The third-order valence-electron chi connectivity index (χ3n) is 1.94. The molecule has 0 fully saturated rings. The quantitative estimate of drug-likeness (QED) is 0.742. The molecular weight excluding hydrogens is 262 g/mol. The molecule has 0 unspecified atom stereocenters. The van der Waals surface area contributed by atoms with Gasteiger partial charge in [-0.05, 0) is 41.5 Å². The number of halogens is 1. The van der Waals surface area contributed by atoms with Gasteiger partial charge >= 0.3 is 0 Å². The topological polar surface area (TPSA) is 12.5 Å². The Balaban J connectivity index is 2.23. The number of methoxy groups -OCH3 is 1. The van der Waals surface area contributed by atoms with Crippen molar-refractivity contribution in [1.82, 2.24) is 4.90 Å². The van der Waals surface area contributed by atoms with E-state index in [2.05, 4.69) is 40.0 Å². The molecule has 0 saturated heterocycles. The average Bonchev–Trinajstić information content (AvgIpc) is 2.52. The lowest BCUT2D eigenvalue weighted by Crippen LogP contribution is -2.19. The van der Waals surface area contributed by atoms with Gasteiger partial charge in [-0.25, -0.2) is 0 Å². The third-order valence-corrected chi connectivity index (χ3v) is 3.55. The molecule has 4 heteroatoms. The Morgan fingerprint density at radius 3 is 2.86 bits per heavy atom. The first-order valence-electron chi connectivity index (χ1n) is 4.64. The van der Waals surface area contributed by atoms with E-state index in [0.717, 1.165) is 26.1 Å². The highest BCUT2D eigenvalue weighted by Gasteiger charge is 2.02. The van der Waals surface area contributed by atoms with Crippen LogP contribution in [0.1, 0.15) is 11.3 Å². The van der Waals surface area contributed by atoms with Crippen molar-refractivity contribution < 1.29 is 4.74 Å². The summed E-state index contributed by atoms with van der Waals surface area (Å²) in [5, 5.41) is 0. The van der Waals surface area contributed by atoms with Crippen LogP contribution >= 0.6 is 27.3 Å². The molecule has 1 rings (SSSR count). The highest BCUT2D eigenvalue weighted by molar-refractivity contribution is 9.11. The van der Waals surface area contributed by atoms with Gasteiger partial charge in [0, 0.05) is 31.7 Å². The highest BCUT2D eigenvalue weighted by atomic mass is 79.9. The lowest BCUT2D eigenvalue weighted by Gasteiger charge is -2.14. The van der Waals surface area contributed by atoms with E-state index in [4.69, 9.17) is 4.74 Å². The molecule has 0 N–H and O–H groups in total. The van der Waals surface area contributed by atoms with Crippen LogP contribution in [0.4, 0.5) is 0 Å². The smallest absolute Gasteiger partial charge is 0.0701 e. The van der Waals surface area contributed by atoms with Gasteiger partial charge in [0.1, 0.15) is 0 Å². The molecule has 80 valence electrons. The number of thiophene rings is 1. The van der Waals surface area contributed by atoms with Gasteiger partial charge in [-0.2, -0.15) is 0 Å². The lowest BCUT2D eigenvalue weighted by atomic mass is 10.4. The molecule has 0 atom stereocenters. The van der Waals surface area contributed by atoms with Crippen molar-refractivity contribution in [2.24, 2.45) is 0 Å². The zero-order chi connectivity index (χ0) is 10.4. The molecule has 0 bridgehead atoms. The summed E-state index contributed by atoms with van der Waals surface area (Å²) >= 11 is 5.26. The molecule has 0 aliphatic carbocycles. The zero-order valence-electron chi connectivity index (χ0n) is 8.62. The molecule has 0 radical (unpaired) electrons. The molecule has 14 heavy (non-hydrogen) atoms. The van der Waals surface area contributed by atoms with Gasteiger partial charge in [0.05, 0.1) is 3.79 Å². The van der Waals surface area contributed by atoms with Gasteiger partial charge in [0.15, 0.2) is 0 Å². The van der Waals surface area contributed by atoms with E-state index in [9.17, 15) is 0 Å². The predicted molar refractivity (Wildman–Crippen MR) is 64.8 cm³/mol. The average molecular weight is 278 g/mol. The van der Waals surface area contributed by atoms with Crippen molar-refractivity contribution in [3.63, 3.8) is 0 Å². The van der Waals surface area contributed by atoms with Gasteiger partial charge in [-0.1, -0.05) is 0 Å². The maximum absolute atomic E-state index is 5.01. The summed E-state index contributed by atoms with van der Waals surface area (Å²) in [7, 11) is 3.89. The maximum Gasteiger partial charge on any atom is 0.0701 e. The lowest BCUT2D eigenvalue weighted by molar-refractivity contribution is 0.178. The number of hydrogen-bond acceptors (Lipinski definition) is 3. The summed E-state index contributed by atoms with van der Waals surface area (Å²) in [6, 6.07) is 4.27. The minimum atomic E-state index is 0.846. The van der Waals surface area contributed by atoms with Crippen LogP contribution < -0.4 is 0 Å². The Morgan fingerprint density at radius 2 is 2.29 bits per heavy atom. The van der Waals surface area contributed by atoms with Crippen molar-refractivity contribution in [3.8, 4) is 0 Å². The van der Waals surface area contributed by atoms with Crippen LogP contribution in [0.3, 0.4) is 0 Å². The summed E-state index contributed by atoms with van der Waals surface area (Å²) in [5.74, 6) is 0. The Bertz CT molecular complexity index is 264. The van der Waals surface area contributed by atoms with E-state index in [-0.39, 0.29) is 0 Å². The van der Waals surface area contributed by atoms with Crippen LogP contribution in [-0.4, -0.2) is 32.2 Å². The zero-order valence-corrected chi connectivity index (χ0v) is 11.0. The maximum atomic E-state index is 5.01. The van der Waals surface area contributed by atoms with Crippen LogP contribution in [0.2, 0.25) is 0 Å². The Hall–Kier alpha value is 0.1000. The molecule has 1 aromatic heterocycles. The fraction of sp³-hybridized carbons (Fsp3) is 0.600. The van der Waals surface area contributed by atoms with Crippen molar-refractivity contribution >= 4 is 27.3 Å². The molecule has 0 aliphatic rings. The van der Waals surface area contributed by atoms with E-state index >= 15 is 0 Å². The van der Waals surface area contributed by atoms with E-state index in [1.165, 1.54) is 8.66 Å².